The lowest BCUT2D eigenvalue weighted by molar-refractivity contribution is -0.153. The number of hydrogen-bond donors (Lipinski definition) is 1. The third kappa shape index (κ3) is 1.38. The van der Waals surface area contributed by atoms with Crippen LogP contribution in [-0.4, -0.2) is 23.5 Å². The number of carboxylic acids is 1. The minimum atomic E-state index is -1.37. The molecule has 0 aromatic carbocycles. The van der Waals surface area contributed by atoms with Crippen molar-refractivity contribution in [3.63, 3.8) is 0 Å². The van der Waals surface area contributed by atoms with E-state index in [1.54, 1.807) is 0 Å². The Morgan fingerprint density at radius 2 is 2.33 bits per heavy atom. The summed E-state index contributed by atoms with van der Waals surface area (Å²) in [5, 5.41) is 8.24. The number of aliphatic carboxylic acids is 1. The number of rotatable bonds is 1. The fraction of sp³-hybridized carbons (Fsp3) is 0.800. The summed E-state index contributed by atoms with van der Waals surface area (Å²) >= 11 is 0. The van der Waals surface area contributed by atoms with Crippen LogP contribution in [0.1, 0.15) is 12.8 Å². The average molecular weight is 134 g/mol. The molecule has 0 aromatic rings. The maximum atomic E-state index is 12.0. The van der Waals surface area contributed by atoms with E-state index in [1.807, 2.05) is 0 Å². The molecule has 1 fully saturated rings. The van der Waals surface area contributed by atoms with Crippen LogP contribution in [0.5, 0.6) is 0 Å². The molecular weight excluding hydrogens is 127 g/mol. The lowest BCUT2D eigenvalue weighted by Gasteiger charge is -2.00. The van der Waals surface area contributed by atoms with E-state index in [0.717, 1.165) is 0 Å². The highest BCUT2D eigenvalue weighted by atomic mass is 19.1. The van der Waals surface area contributed by atoms with Gasteiger partial charge in [-0.1, -0.05) is 0 Å². The molecule has 0 spiro atoms. The molecule has 1 heterocycles. The molecule has 0 bridgehead atoms. The Hall–Kier alpha value is -0.640. The molecule has 0 aliphatic carbocycles. The first-order valence-corrected chi connectivity index (χ1v) is 2.72. The van der Waals surface area contributed by atoms with Gasteiger partial charge in [0.2, 0.25) is 0 Å². The zero-order valence-electron chi connectivity index (χ0n) is 4.71. The molecule has 3 nitrogen and oxygen atoms in total. The summed E-state index contributed by atoms with van der Waals surface area (Å²) < 4.78 is 16.4. The van der Waals surface area contributed by atoms with Crippen LogP contribution in [0.2, 0.25) is 0 Å². The van der Waals surface area contributed by atoms with Crippen LogP contribution >= 0.6 is 0 Å². The second-order valence-corrected chi connectivity index (χ2v) is 1.95. The Morgan fingerprint density at radius 3 is 2.56 bits per heavy atom. The van der Waals surface area contributed by atoms with Crippen molar-refractivity contribution < 1.29 is 19.0 Å². The minimum absolute atomic E-state index is 0.205. The van der Waals surface area contributed by atoms with Crippen molar-refractivity contribution in [1.29, 1.82) is 0 Å². The predicted octanol–water partition coefficient (Wildman–Crippen LogP) is 0.546. The lowest BCUT2D eigenvalue weighted by Crippen LogP contribution is -2.19. The van der Waals surface area contributed by atoms with Crippen LogP contribution in [0.25, 0.3) is 0 Å². The molecule has 0 amide bonds. The first-order chi connectivity index (χ1) is 4.20. The van der Waals surface area contributed by atoms with Crippen molar-refractivity contribution in [2.24, 2.45) is 0 Å². The van der Waals surface area contributed by atoms with Gasteiger partial charge in [0.05, 0.1) is 0 Å². The Morgan fingerprint density at radius 1 is 1.67 bits per heavy atom. The first-order valence-electron chi connectivity index (χ1n) is 2.72. The molecule has 1 N–H and O–H groups in total. The molecule has 1 rings (SSSR count). The highest BCUT2D eigenvalue weighted by Gasteiger charge is 2.29. The quantitative estimate of drug-likeness (QED) is 0.569. The molecule has 2 atom stereocenters. The molecule has 1 aliphatic heterocycles. The highest BCUT2D eigenvalue weighted by molar-refractivity contribution is 5.72. The summed E-state index contributed by atoms with van der Waals surface area (Å²) in [7, 11) is 0. The summed E-state index contributed by atoms with van der Waals surface area (Å²) in [6.45, 7) is 0. The normalized spacial score (nSPS) is 34.8. The van der Waals surface area contributed by atoms with Crippen LogP contribution in [0.15, 0.2) is 0 Å². The van der Waals surface area contributed by atoms with E-state index in [-0.39, 0.29) is 12.8 Å². The molecule has 0 saturated carbocycles. The van der Waals surface area contributed by atoms with Crippen molar-refractivity contribution in [3.05, 3.63) is 0 Å². The second-order valence-electron chi connectivity index (χ2n) is 1.95. The molecule has 1 saturated heterocycles. The summed E-state index contributed by atoms with van der Waals surface area (Å²) in [5.41, 5.74) is 0. The molecule has 0 aromatic heterocycles. The van der Waals surface area contributed by atoms with E-state index < -0.39 is 18.4 Å². The zero-order chi connectivity index (χ0) is 6.85. The van der Waals surface area contributed by atoms with Gasteiger partial charge in [-0.25, -0.2) is 9.18 Å². The number of hydrogen-bond acceptors (Lipinski definition) is 2. The number of carboxylic acid groups (broad SMARTS) is 1. The monoisotopic (exact) mass is 134 g/mol. The van der Waals surface area contributed by atoms with Gasteiger partial charge < -0.3 is 9.84 Å². The maximum Gasteiger partial charge on any atom is 0.332 e. The molecule has 9 heavy (non-hydrogen) atoms. The number of alkyl halides is 1. The van der Waals surface area contributed by atoms with Gasteiger partial charge in [0, 0.05) is 6.42 Å². The van der Waals surface area contributed by atoms with E-state index in [9.17, 15) is 9.18 Å². The van der Waals surface area contributed by atoms with Crippen molar-refractivity contribution >= 4 is 5.97 Å². The Balaban J connectivity index is 2.39. The predicted molar refractivity (Wildman–Crippen MR) is 26.6 cm³/mol. The van der Waals surface area contributed by atoms with Crippen molar-refractivity contribution in [2.75, 3.05) is 0 Å². The van der Waals surface area contributed by atoms with Gasteiger partial charge >= 0.3 is 5.97 Å². The summed E-state index contributed by atoms with van der Waals surface area (Å²) in [5.74, 6) is -1.07. The largest absolute Gasteiger partial charge is 0.479 e. The van der Waals surface area contributed by atoms with E-state index in [4.69, 9.17) is 5.11 Å². The van der Waals surface area contributed by atoms with Crippen LogP contribution < -0.4 is 0 Å². The summed E-state index contributed by atoms with van der Waals surface area (Å²) in [6.07, 6.45) is -1.79. The molecule has 4 heteroatoms. The highest BCUT2D eigenvalue weighted by Crippen LogP contribution is 2.19. The summed E-state index contributed by atoms with van der Waals surface area (Å²) in [6, 6.07) is 0. The van der Waals surface area contributed by atoms with E-state index in [2.05, 4.69) is 4.74 Å². The molecule has 2 unspecified atom stereocenters. The fourth-order valence-electron chi connectivity index (χ4n) is 0.778. The van der Waals surface area contributed by atoms with Crippen LogP contribution in [0.4, 0.5) is 4.39 Å². The van der Waals surface area contributed by atoms with E-state index in [1.165, 1.54) is 0 Å². The number of carbonyl (C=O) groups is 1. The van der Waals surface area contributed by atoms with Gasteiger partial charge in [0.1, 0.15) is 0 Å². The first kappa shape index (κ1) is 6.48. The third-order valence-electron chi connectivity index (χ3n) is 1.24. The molecule has 0 radical (unpaired) electrons. The Labute approximate surface area is 51.4 Å². The topological polar surface area (TPSA) is 46.5 Å². The van der Waals surface area contributed by atoms with Gasteiger partial charge in [-0.05, 0) is 6.42 Å². The zero-order valence-corrected chi connectivity index (χ0v) is 4.71. The van der Waals surface area contributed by atoms with Crippen LogP contribution in [0, 0.1) is 0 Å². The molecule has 1 aliphatic rings. The second kappa shape index (κ2) is 2.31. The third-order valence-corrected chi connectivity index (χ3v) is 1.24. The van der Waals surface area contributed by atoms with E-state index in [0.29, 0.717) is 0 Å². The van der Waals surface area contributed by atoms with Crippen molar-refractivity contribution in [2.45, 2.75) is 25.3 Å². The van der Waals surface area contributed by atoms with Gasteiger partial charge in [-0.15, -0.1) is 0 Å². The number of ether oxygens (including phenoxy) is 1. The maximum absolute atomic E-state index is 12.0. The van der Waals surface area contributed by atoms with E-state index >= 15 is 0 Å². The minimum Gasteiger partial charge on any atom is -0.479 e. The van der Waals surface area contributed by atoms with Gasteiger partial charge in [0.25, 0.3) is 0 Å². The molecule has 52 valence electrons. The lowest BCUT2D eigenvalue weighted by atomic mass is 10.2. The van der Waals surface area contributed by atoms with Gasteiger partial charge in [-0.2, -0.15) is 0 Å². The van der Waals surface area contributed by atoms with Crippen LogP contribution in [0.3, 0.4) is 0 Å². The van der Waals surface area contributed by atoms with Gasteiger partial charge in [-0.3, -0.25) is 0 Å². The number of halogens is 1. The molecular formula is C5H7FO3. The summed E-state index contributed by atoms with van der Waals surface area (Å²) in [4.78, 5) is 10.1. The SMILES string of the molecule is O=C(O)C1CCC(F)O1. The fourth-order valence-corrected chi connectivity index (χ4v) is 0.778. The van der Waals surface area contributed by atoms with Crippen LogP contribution in [-0.2, 0) is 9.53 Å². The standard InChI is InChI=1S/C5H7FO3/c6-4-2-1-3(9-4)5(7)8/h3-4H,1-2H2,(H,7,8). The van der Waals surface area contributed by atoms with Gasteiger partial charge in [0.15, 0.2) is 12.5 Å². The Bertz CT molecular complexity index is 125. The van der Waals surface area contributed by atoms with Crippen molar-refractivity contribution in [3.8, 4) is 0 Å². The van der Waals surface area contributed by atoms with Crippen molar-refractivity contribution in [1.82, 2.24) is 0 Å². The average Bonchev–Trinajstić information content (AvgIpc) is 2.14. The smallest absolute Gasteiger partial charge is 0.332 e. The Kier molecular flexibility index (Phi) is 1.66.